The Morgan fingerprint density at radius 3 is 2.30 bits per heavy atom. The van der Waals surface area contributed by atoms with Crippen molar-refractivity contribution in [2.75, 3.05) is 0 Å². The summed E-state index contributed by atoms with van der Waals surface area (Å²) in [6.45, 7) is 7.58. The normalized spacial score (nSPS) is 11.3. The highest BCUT2D eigenvalue weighted by Crippen LogP contribution is 2.21. The van der Waals surface area contributed by atoms with Gasteiger partial charge in [-0.1, -0.05) is 35.9 Å². The number of fused-ring (bicyclic) bond motifs is 1. The molecule has 0 aliphatic carbocycles. The van der Waals surface area contributed by atoms with Gasteiger partial charge in [-0.3, -0.25) is 20.0 Å². The molecule has 2 aromatic carbocycles. The van der Waals surface area contributed by atoms with Crippen molar-refractivity contribution in [1.29, 1.82) is 0 Å². The number of hydrogen-bond donors (Lipinski definition) is 1. The third-order valence-electron chi connectivity index (χ3n) is 4.26. The van der Waals surface area contributed by atoms with Crippen LogP contribution in [0.4, 0.5) is 0 Å². The number of carbonyl (C=O) groups is 2. The van der Waals surface area contributed by atoms with Crippen molar-refractivity contribution in [3.63, 3.8) is 0 Å². The number of benzene rings is 2. The first-order chi connectivity index (χ1) is 12.8. The van der Waals surface area contributed by atoms with Gasteiger partial charge in [0, 0.05) is 17.1 Å². The SMILES string of the molecule is Cc1ccc(C(=O)NN(C(=O)c2cccc3cccnc23)C(C)(C)C)cc1. The Labute approximate surface area is 159 Å². The van der Waals surface area contributed by atoms with E-state index in [1.807, 2.05) is 64.1 Å². The molecule has 1 heterocycles. The van der Waals surface area contributed by atoms with Crippen molar-refractivity contribution in [2.45, 2.75) is 33.2 Å². The van der Waals surface area contributed by atoms with Crippen LogP contribution in [-0.4, -0.2) is 27.3 Å². The zero-order chi connectivity index (χ0) is 19.6. The minimum atomic E-state index is -0.617. The van der Waals surface area contributed by atoms with Crippen molar-refractivity contribution in [2.24, 2.45) is 0 Å². The van der Waals surface area contributed by atoms with E-state index in [1.54, 1.807) is 24.4 Å². The van der Waals surface area contributed by atoms with Crippen molar-refractivity contribution < 1.29 is 9.59 Å². The summed E-state index contributed by atoms with van der Waals surface area (Å²) in [6.07, 6.45) is 1.66. The molecular weight excluding hydrogens is 338 g/mol. The quantitative estimate of drug-likeness (QED) is 0.698. The van der Waals surface area contributed by atoms with Gasteiger partial charge in [0.1, 0.15) is 0 Å². The van der Waals surface area contributed by atoms with Crippen LogP contribution in [0.2, 0.25) is 0 Å². The number of rotatable bonds is 2. The van der Waals surface area contributed by atoms with E-state index in [-0.39, 0.29) is 11.8 Å². The lowest BCUT2D eigenvalue weighted by Crippen LogP contribution is -2.55. The highest BCUT2D eigenvalue weighted by Gasteiger charge is 2.30. The van der Waals surface area contributed by atoms with Crippen molar-refractivity contribution >= 4 is 22.7 Å². The average Bonchev–Trinajstić information content (AvgIpc) is 2.64. The maximum Gasteiger partial charge on any atom is 0.274 e. The van der Waals surface area contributed by atoms with Crippen molar-refractivity contribution in [3.05, 3.63) is 77.5 Å². The molecule has 27 heavy (non-hydrogen) atoms. The highest BCUT2D eigenvalue weighted by atomic mass is 16.2. The Morgan fingerprint density at radius 2 is 1.63 bits per heavy atom. The van der Waals surface area contributed by atoms with Crippen LogP contribution in [0, 0.1) is 6.92 Å². The predicted octanol–water partition coefficient (Wildman–Crippen LogP) is 4.13. The van der Waals surface area contributed by atoms with E-state index in [2.05, 4.69) is 10.4 Å². The second-order valence-electron chi connectivity index (χ2n) is 7.50. The summed E-state index contributed by atoms with van der Waals surface area (Å²) >= 11 is 0. The molecule has 0 spiro atoms. The van der Waals surface area contributed by atoms with E-state index < -0.39 is 5.54 Å². The summed E-state index contributed by atoms with van der Waals surface area (Å²) in [5, 5.41) is 2.25. The number of aryl methyl sites for hydroxylation is 1. The van der Waals surface area contributed by atoms with E-state index in [9.17, 15) is 9.59 Å². The fraction of sp³-hybridized carbons (Fsp3) is 0.227. The van der Waals surface area contributed by atoms with E-state index in [4.69, 9.17) is 0 Å². The number of hydrogen-bond acceptors (Lipinski definition) is 3. The second-order valence-corrected chi connectivity index (χ2v) is 7.50. The molecule has 0 saturated carbocycles. The maximum atomic E-state index is 13.3. The summed E-state index contributed by atoms with van der Waals surface area (Å²) in [5.74, 6) is -0.626. The van der Waals surface area contributed by atoms with Crippen LogP contribution in [0.5, 0.6) is 0 Å². The highest BCUT2D eigenvalue weighted by molar-refractivity contribution is 6.06. The smallest absolute Gasteiger partial charge is 0.267 e. The van der Waals surface area contributed by atoms with E-state index >= 15 is 0 Å². The van der Waals surface area contributed by atoms with Gasteiger partial charge in [-0.15, -0.1) is 0 Å². The molecule has 3 rings (SSSR count). The molecule has 0 atom stereocenters. The van der Waals surface area contributed by atoms with Crippen LogP contribution in [0.15, 0.2) is 60.8 Å². The minimum absolute atomic E-state index is 0.299. The molecule has 138 valence electrons. The fourth-order valence-corrected chi connectivity index (χ4v) is 2.79. The molecule has 0 aliphatic rings. The van der Waals surface area contributed by atoms with Gasteiger partial charge < -0.3 is 0 Å². The monoisotopic (exact) mass is 361 g/mol. The first-order valence-electron chi connectivity index (χ1n) is 8.83. The molecule has 1 aromatic heterocycles. The summed E-state index contributed by atoms with van der Waals surface area (Å²) in [6, 6.07) is 16.4. The first kappa shape index (κ1) is 18.6. The van der Waals surface area contributed by atoms with Gasteiger partial charge in [0.2, 0.25) is 0 Å². The molecule has 5 nitrogen and oxygen atoms in total. The number of pyridine rings is 1. The molecular formula is C22H23N3O2. The van der Waals surface area contributed by atoms with Crippen molar-refractivity contribution in [3.8, 4) is 0 Å². The molecule has 0 bridgehead atoms. The summed E-state index contributed by atoms with van der Waals surface area (Å²) < 4.78 is 0. The van der Waals surface area contributed by atoms with Gasteiger partial charge in [-0.05, 0) is 52.0 Å². The first-order valence-corrected chi connectivity index (χ1v) is 8.83. The largest absolute Gasteiger partial charge is 0.274 e. The molecule has 0 radical (unpaired) electrons. The Hall–Kier alpha value is -3.21. The summed E-state index contributed by atoms with van der Waals surface area (Å²) in [4.78, 5) is 30.3. The summed E-state index contributed by atoms with van der Waals surface area (Å²) in [7, 11) is 0. The summed E-state index contributed by atoms with van der Waals surface area (Å²) in [5.41, 5.74) is 4.79. The van der Waals surface area contributed by atoms with Gasteiger partial charge in [-0.2, -0.15) is 0 Å². The maximum absolute atomic E-state index is 13.3. The zero-order valence-electron chi connectivity index (χ0n) is 16.0. The van der Waals surface area contributed by atoms with Crippen LogP contribution >= 0.6 is 0 Å². The molecule has 0 unspecified atom stereocenters. The third-order valence-corrected chi connectivity index (χ3v) is 4.26. The average molecular weight is 361 g/mol. The number of nitrogens with one attached hydrogen (secondary N) is 1. The molecule has 0 fully saturated rings. The van der Waals surface area contributed by atoms with Crippen LogP contribution in [0.25, 0.3) is 10.9 Å². The Morgan fingerprint density at radius 1 is 0.963 bits per heavy atom. The van der Waals surface area contributed by atoms with Gasteiger partial charge >= 0.3 is 0 Å². The standard InChI is InChI=1S/C22H23N3O2/c1-15-10-12-17(13-11-15)20(26)24-25(22(2,3)4)21(27)18-9-5-7-16-8-6-14-23-19(16)18/h5-14H,1-4H3,(H,24,26). The predicted molar refractivity (Wildman–Crippen MR) is 106 cm³/mol. The Kier molecular flexibility index (Phi) is 4.95. The number of carbonyl (C=O) groups excluding carboxylic acids is 2. The van der Waals surface area contributed by atoms with E-state index in [1.165, 1.54) is 5.01 Å². The lowest BCUT2D eigenvalue weighted by molar-refractivity contribution is 0.0360. The van der Waals surface area contributed by atoms with Gasteiger partial charge in [0.05, 0.1) is 16.6 Å². The topological polar surface area (TPSA) is 62.3 Å². The number of amides is 2. The third kappa shape index (κ3) is 3.97. The molecule has 1 N–H and O–H groups in total. The number of para-hydroxylation sites is 1. The molecule has 2 amide bonds. The Bertz CT molecular complexity index is 983. The number of hydrazine groups is 1. The van der Waals surface area contributed by atoms with Crippen LogP contribution < -0.4 is 5.43 Å². The molecule has 3 aromatic rings. The van der Waals surface area contributed by atoms with Gasteiger partial charge in [0.15, 0.2) is 0 Å². The van der Waals surface area contributed by atoms with Crippen LogP contribution in [-0.2, 0) is 0 Å². The molecule has 0 aliphatic heterocycles. The minimum Gasteiger partial charge on any atom is -0.267 e. The lowest BCUT2D eigenvalue weighted by atomic mass is 10.0. The molecule has 5 heteroatoms. The molecule has 0 saturated heterocycles. The number of aromatic nitrogens is 1. The zero-order valence-corrected chi connectivity index (χ0v) is 16.0. The number of nitrogens with zero attached hydrogens (tertiary/aromatic N) is 2. The van der Waals surface area contributed by atoms with Crippen molar-refractivity contribution in [1.82, 2.24) is 15.4 Å². The van der Waals surface area contributed by atoms with E-state index in [0.29, 0.717) is 16.6 Å². The van der Waals surface area contributed by atoms with Crippen LogP contribution in [0.1, 0.15) is 47.1 Å². The fourth-order valence-electron chi connectivity index (χ4n) is 2.79. The van der Waals surface area contributed by atoms with Gasteiger partial charge in [-0.25, -0.2) is 5.01 Å². The van der Waals surface area contributed by atoms with E-state index in [0.717, 1.165) is 10.9 Å². The lowest BCUT2D eigenvalue weighted by Gasteiger charge is -2.35. The van der Waals surface area contributed by atoms with Gasteiger partial charge in [0.25, 0.3) is 11.8 Å². The Balaban J connectivity index is 1.96. The second kappa shape index (κ2) is 7.19. The van der Waals surface area contributed by atoms with Crippen LogP contribution in [0.3, 0.4) is 0 Å².